The smallest absolute Gasteiger partial charge is 0.276 e. The summed E-state index contributed by atoms with van der Waals surface area (Å²) < 4.78 is 0. The first kappa shape index (κ1) is 15.7. The molecule has 0 saturated heterocycles. The quantitative estimate of drug-likeness (QED) is 0.745. The number of anilines is 3. The molecule has 24 heavy (non-hydrogen) atoms. The zero-order chi connectivity index (χ0) is 16.8. The monoisotopic (exact) mass is 318 g/mol. The number of para-hydroxylation sites is 1. The fourth-order valence-corrected chi connectivity index (χ4v) is 2.21. The number of nitrogens with one attached hydrogen (secondary N) is 2. The zero-order valence-electron chi connectivity index (χ0n) is 13.4. The van der Waals surface area contributed by atoms with Crippen LogP contribution in [-0.2, 0) is 6.42 Å². The molecule has 1 aromatic heterocycles. The third kappa shape index (κ3) is 3.95. The number of nitrogens with zero attached hydrogens (tertiary/aromatic N) is 2. The van der Waals surface area contributed by atoms with Gasteiger partial charge in [-0.15, -0.1) is 10.2 Å². The molecule has 5 nitrogen and oxygen atoms in total. The minimum Gasteiger partial charge on any atom is -0.339 e. The van der Waals surface area contributed by atoms with Gasteiger partial charge < -0.3 is 10.6 Å². The molecule has 3 aromatic rings. The number of carbonyl (C=O) groups excluding carboxylic acids is 1. The first-order valence-corrected chi connectivity index (χ1v) is 7.80. The second kappa shape index (κ2) is 7.37. The van der Waals surface area contributed by atoms with E-state index in [4.69, 9.17) is 0 Å². The van der Waals surface area contributed by atoms with Crippen LogP contribution in [-0.4, -0.2) is 16.1 Å². The van der Waals surface area contributed by atoms with Gasteiger partial charge in [0.05, 0.1) is 0 Å². The van der Waals surface area contributed by atoms with E-state index in [0.717, 1.165) is 17.8 Å². The molecule has 1 amide bonds. The van der Waals surface area contributed by atoms with E-state index in [-0.39, 0.29) is 11.6 Å². The van der Waals surface area contributed by atoms with Gasteiger partial charge in [-0.05, 0) is 48.4 Å². The average Bonchev–Trinajstić information content (AvgIpc) is 2.64. The van der Waals surface area contributed by atoms with Crippen LogP contribution in [0.4, 0.5) is 17.2 Å². The Morgan fingerprint density at radius 3 is 2.25 bits per heavy atom. The third-order valence-corrected chi connectivity index (χ3v) is 3.56. The Bertz CT molecular complexity index is 799. The summed E-state index contributed by atoms with van der Waals surface area (Å²) in [5, 5.41) is 14.0. The van der Waals surface area contributed by atoms with Gasteiger partial charge in [-0.25, -0.2) is 0 Å². The molecule has 0 fully saturated rings. The van der Waals surface area contributed by atoms with E-state index in [9.17, 15) is 4.79 Å². The van der Waals surface area contributed by atoms with Crippen molar-refractivity contribution < 1.29 is 4.79 Å². The molecule has 120 valence electrons. The highest BCUT2D eigenvalue weighted by atomic mass is 16.1. The van der Waals surface area contributed by atoms with Crippen LogP contribution in [0, 0.1) is 0 Å². The van der Waals surface area contributed by atoms with Gasteiger partial charge in [-0.2, -0.15) is 0 Å². The highest BCUT2D eigenvalue weighted by molar-refractivity contribution is 6.02. The molecule has 0 unspecified atom stereocenters. The number of amides is 1. The molecule has 0 aliphatic heterocycles. The maximum absolute atomic E-state index is 12.1. The van der Waals surface area contributed by atoms with Crippen LogP contribution in [0.25, 0.3) is 0 Å². The van der Waals surface area contributed by atoms with Gasteiger partial charge in [0, 0.05) is 11.4 Å². The van der Waals surface area contributed by atoms with Crippen LogP contribution < -0.4 is 10.6 Å². The van der Waals surface area contributed by atoms with E-state index in [2.05, 4.69) is 39.9 Å². The Hall–Kier alpha value is -3.21. The van der Waals surface area contributed by atoms with Crippen molar-refractivity contribution in [1.82, 2.24) is 10.2 Å². The zero-order valence-corrected chi connectivity index (χ0v) is 13.4. The molecule has 1 heterocycles. The van der Waals surface area contributed by atoms with Crippen LogP contribution in [0.3, 0.4) is 0 Å². The normalized spacial score (nSPS) is 10.2. The van der Waals surface area contributed by atoms with Crippen LogP contribution >= 0.6 is 0 Å². The van der Waals surface area contributed by atoms with E-state index in [1.54, 1.807) is 12.1 Å². The minimum absolute atomic E-state index is 0.269. The molecule has 0 bridgehead atoms. The summed E-state index contributed by atoms with van der Waals surface area (Å²) in [6.07, 6.45) is 1.01. The molecular formula is C19H18N4O. The predicted molar refractivity (Wildman–Crippen MR) is 95.5 cm³/mol. The number of carbonyl (C=O) groups is 1. The first-order valence-electron chi connectivity index (χ1n) is 7.80. The summed E-state index contributed by atoms with van der Waals surface area (Å²) in [7, 11) is 0. The largest absolute Gasteiger partial charge is 0.339 e. The van der Waals surface area contributed by atoms with Crippen molar-refractivity contribution in [3.8, 4) is 0 Å². The van der Waals surface area contributed by atoms with Gasteiger partial charge >= 0.3 is 0 Å². The standard InChI is InChI=1S/C19H18N4O/c1-2-14-8-10-16(11-9-14)20-18-13-12-17(22-23-18)19(24)21-15-6-4-3-5-7-15/h3-13H,2H2,1H3,(H,20,23)(H,21,24). The summed E-state index contributed by atoms with van der Waals surface area (Å²) in [5.41, 5.74) is 3.20. The van der Waals surface area contributed by atoms with Gasteiger partial charge in [0.2, 0.25) is 0 Å². The number of benzene rings is 2. The van der Waals surface area contributed by atoms with Crippen LogP contribution in [0.15, 0.2) is 66.7 Å². The molecule has 0 atom stereocenters. The fraction of sp³-hybridized carbons (Fsp3) is 0.105. The Morgan fingerprint density at radius 1 is 0.875 bits per heavy atom. The lowest BCUT2D eigenvalue weighted by Gasteiger charge is -2.07. The van der Waals surface area contributed by atoms with E-state index in [1.807, 2.05) is 42.5 Å². The van der Waals surface area contributed by atoms with E-state index < -0.39 is 0 Å². The number of hydrogen-bond donors (Lipinski definition) is 2. The molecule has 2 aromatic carbocycles. The van der Waals surface area contributed by atoms with Crippen molar-refractivity contribution in [2.45, 2.75) is 13.3 Å². The minimum atomic E-state index is -0.285. The average molecular weight is 318 g/mol. The summed E-state index contributed by atoms with van der Waals surface area (Å²) in [6.45, 7) is 2.12. The van der Waals surface area contributed by atoms with Crippen LogP contribution in [0.2, 0.25) is 0 Å². The first-order chi connectivity index (χ1) is 11.7. The lowest BCUT2D eigenvalue weighted by molar-refractivity contribution is 0.102. The molecule has 0 spiro atoms. The molecular weight excluding hydrogens is 300 g/mol. The fourth-order valence-electron chi connectivity index (χ4n) is 2.21. The lowest BCUT2D eigenvalue weighted by Crippen LogP contribution is -2.14. The highest BCUT2D eigenvalue weighted by Crippen LogP contribution is 2.15. The number of rotatable bonds is 5. The molecule has 0 aliphatic carbocycles. The SMILES string of the molecule is CCc1ccc(Nc2ccc(C(=O)Nc3ccccc3)nn2)cc1. The Kier molecular flexibility index (Phi) is 4.81. The Balaban J connectivity index is 1.65. The molecule has 0 saturated carbocycles. The second-order valence-corrected chi connectivity index (χ2v) is 5.30. The second-order valence-electron chi connectivity index (χ2n) is 5.30. The Morgan fingerprint density at radius 2 is 1.62 bits per heavy atom. The summed E-state index contributed by atoms with van der Waals surface area (Å²) in [5.74, 6) is 0.308. The van der Waals surface area contributed by atoms with E-state index in [1.165, 1.54) is 5.56 Å². The van der Waals surface area contributed by atoms with Gasteiger partial charge in [-0.1, -0.05) is 37.3 Å². The molecule has 0 aliphatic rings. The highest BCUT2D eigenvalue weighted by Gasteiger charge is 2.08. The van der Waals surface area contributed by atoms with Crippen molar-refractivity contribution in [1.29, 1.82) is 0 Å². The predicted octanol–water partition coefficient (Wildman–Crippen LogP) is 4.03. The van der Waals surface area contributed by atoms with Crippen molar-refractivity contribution in [3.05, 3.63) is 78.0 Å². The van der Waals surface area contributed by atoms with E-state index in [0.29, 0.717) is 5.82 Å². The summed E-state index contributed by atoms with van der Waals surface area (Å²) >= 11 is 0. The van der Waals surface area contributed by atoms with Gasteiger partial charge in [0.25, 0.3) is 5.91 Å². The van der Waals surface area contributed by atoms with Crippen molar-refractivity contribution >= 4 is 23.1 Å². The van der Waals surface area contributed by atoms with Gasteiger partial charge in [0.15, 0.2) is 11.5 Å². The summed E-state index contributed by atoms with van der Waals surface area (Å²) in [6, 6.07) is 20.8. The maximum Gasteiger partial charge on any atom is 0.276 e. The summed E-state index contributed by atoms with van der Waals surface area (Å²) in [4.78, 5) is 12.1. The molecule has 2 N–H and O–H groups in total. The lowest BCUT2D eigenvalue weighted by atomic mass is 10.1. The number of hydrogen-bond acceptors (Lipinski definition) is 4. The maximum atomic E-state index is 12.1. The number of aromatic nitrogens is 2. The van der Waals surface area contributed by atoms with Crippen LogP contribution in [0.5, 0.6) is 0 Å². The van der Waals surface area contributed by atoms with Crippen molar-refractivity contribution in [3.63, 3.8) is 0 Å². The van der Waals surface area contributed by atoms with Crippen molar-refractivity contribution in [2.75, 3.05) is 10.6 Å². The molecule has 0 radical (unpaired) electrons. The molecule has 5 heteroatoms. The third-order valence-electron chi connectivity index (χ3n) is 3.56. The number of aryl methyl sites for hydroxylation is 1. The van der Waals surface area contributed by atoms with Crippen molar-refractivity contribution in [2.24, 2.45) is 0 Å². The van der Waals surface area contributed by atoms with Gasteiger partial charge in [-0.3, -0.25) is 4.79 Å². The van der Waals surface area contributed by atoms with Gasteiger partial charge in [0.1, 0.15) is 0 Å². The van der Waals surface area contributed by atoms with E-state index >= 15 is 0 Å². The topological polar surface area (TPSA) is 66.9 Å². The van der Waals surface area contributed by atoms with Crippen LogP contribution in [0.1, 0.15) is 23.0 Å². The Labute approximate surface area is 140 Å². The molecule has 3 rings (SSSR count).